The third kappa shape index (κ3) is 2.06. The highest BCUT2D eigenvalue weighted by Gasteiger charge is 2.26. The van der Waals surface area contributed by atoms with Gasteiger partial charge in [0.15, 0.2) is 0 Å². The van der Waals surface area contributed by atoms with E-state index in [0.29, 0.717) is 12.3 Å². The summed E-state index contributed by atoms with van der Waals surface area (Å²) >= 11 is 0. The average Bonchev–Trinajstić information content (AvgIpc) is 2.05. The van der Waals surface area contributed by atoms with Crippen molar-refractivity contribution in [1.82, 2.24) is 0 Å². The molecule has 0 amide bonds. The molecule has 1 atom stereocenters. The van der Waals surface area contributed by atoms with Crippen molar-refractivity contribution in [2.75, 3.05) is 6.61 Å². The van der Waals surface area contributed by atoms with Crippen molar-refractivity contribution >= 4 is 11.7 Å². The highest BCUT2D eigenvalue weighted by Crippen LogP contribution is 2.21. The van der Waals surface area contributed by atoms with Gasteiger partial charge in [0, 0.05) is 5.71 Å². The predicted molar refractivity (Wildman–Crippen MR) is 46.3 cm³/mol. The largest absolute Gasteiger partial charge is 0.465 e. The molecule has 3 nitrogen and oxygen atoms in total. The van der Waals surface area contributed by atoms with E-state index in [0.717, 1.165) is 25.7 Å². The summed E-state index contributed by atoms with van der Waals surface area (Å²) in [6.07, 6.45) is 3.67. The van der Waals surface area contributed by atoms with Gasteiger partial charge in [-0.2, -0.15) is 0 Å². The minimum absolute atomic E-state index is 0.206. The van der Waals surface area contributed by atoms with Crippen LogP contribution in [0.25, 0.3) is 0 Å². The highest BCUT2D eigenvalue weighted by atomic mass is 16.5. The molecular weight excluding hydrogens is 154 g/mol. The lowest BCUT2D eigenvalue weighted by molar-refractivity contribution is -0.146. The van der Waals surface area contributed by atoms with Gasteiger partial charge in [-0.3, -0.25) is 4.79 Å². The second-order valence-electron chi connectivity index (χ2n) is 3.08. The Bertz CT molecular complexity index is 189. The topological polar surface area (TPSA) is 50.2 Å². The summed E-state index contributed by atoms with van der Waals surface area (Å²) in [5, 5.41) is 7.55. The monoisotopic (exact) mass is 169 g/mol. The van der Waals surface area contributed by atoms with Gasteiger partial charge < -0.3 is 10.1 Å². The van der Waals surface area contributed by atoms with Crippen molar-refractivity contribution in [2.24, 2.45) is 5.92 Å². The van der Waals surface area contributed by atoms with Crippen molar-refractivity contribution in [3.8, 4) is 0 Å². The van der Waals surface area contributed by atoms with Gasteiger partial charge in [0.05, 0.1) is 12.5 Å². The zero-order valence-corrected chi connectivity index (χ0v) is 7.43. The Hall–Kier alpha value is -0.860. The van der Waals surface area contributed by atoms with Crippen molar-refractivity contribution in [3.63, 3.8) is 0 Å². The Balaban J connectivity index is 2.48. The molecule has 0 aromatic carbocycles. The molecule has 0 aromatic heterocycles. The van der Waals surface area contributed by atoms with Crippen molar-refractivity contribution in [3.05, 3.63) is 0 Å². The number of nitrogens with one attached hydrogen (secondary N) is 1. The Morgan fingerprint density at radius 1 is 1.67 bits per heavy atom. The Morgan fingerprint density at radius 2 is 2.42 bits per heavy atom. The molecule has 3 heteroatoms. The maximum atomic E-state index is 11.2. The van der Waals surface area contributed by atoms with Gasteiger partial charge in [0.1, 0.15) is 0 Å². The molecule has 1 aliphatic carbocycles. The first-order chi connectivity index (χ1) is 5.75. The summed E-state index contributed by atoms with van der Waals surface area (Å²) in [6.45, 7) is 2.22. The molecule has 12 heavy (non-hydrogen) atoms. The normalized spacial score (nSPS) is 23.8. The first-order valence-corrected chi connectivity index (χ1v) is 4.49. The molecular formula is C9H15NO2. The summed E-state index contributed by atoms with van der Waals surface area (Å²) < 4.78 is 4.87. The Kier molecular flexibility index (Phi) is 3.26. The maximum Gasteiger partial charge on any atom is 0.314 e. The summed E-state index contributed by atoms with van der Waals surface area (Å²) in [5.41, 5.74) is 0.555. The lowest BCUT2D eigenvalue weighted by Gasteiger charge is -2.20. The smallest absolute Gasteiger partial charge is 0.314 e. The third-order valence-electron chi connectivity index (χ3n) is 2.18. The Morgan fingerprint density at radius 3 is 3.00 bits per heavy atom. The number of ether oxygens (including phenoxy) is 1. The summed E-state index contributed by atoms with van der Waals surface area (Å²) in [6, 6.07) is 0. The molecule has 0 radical (unpaired) electrons. The van der Waals surface area contributed by atoms with Gasteiger partial charge in [0.25, 0.3) is 0 Å². The zero-order valence-electron chi connectivity index (χ0n) is 7.43. The second kappa shape index (κ2) is 4.24. The first-order valence-electron chi connectivity index (χ1n) is 4.49. The molecule has 0 aromatic rings. The van der Waals surface area contributed by atoms with Crippen LogP contribution in [0.2, 0.25) is 0 Å². The fourth-order valence-corrected chi connectivity index (χ4v) is 1.52. The van der Waals surface area contributed by atoms with Gasteiger partial charge in [-0.1, -0.05) is 6.42 Å². The lowest BCUT2D eigenvalue weighted by Crippen LogP contribution is -2.28. The first kappa shape index (κ1) is 9.23. The van der Waals surface area contributed by atoms with Crippen molar-refractivity contribution < 1.29 is 9.53 Å². The van der Waals surface area contributed by atoms with Gasteiger partial charge in [-0.25, -0.2) is 0 Å². The standard InChI is InChI=1S/C9H15NO2/c1-2-12-9(11)7-5-3-4-6-8(7)10/h7,10H,2-6H2,1H3/t7-/m1/s1. The summed E-state index contributed by atoms with van der Waals surface area (Å²) in [5.74, 6) is -0.444. The average molecular weight is 169 g/mol. The maximum absolute atomic E-state index is 11.2. The van der Waals surface area contributed by atoms with E-state index in [2.05, 4.69) is 0 Å². The van der Waals surface area contributed by atoms with Crippen LogP contribution in [0.5, 0.6) is 0 Å². The minimum atomic E-state index is -0.237. The number of esters is 1. The Labute approximate surface area is 72.6 Å². The van der Waals surface area contributed by atoms with E-state index < -0.39 is 0 Å². The molecule has 1 saturated carbocycles. The molecule has 0 bridgehead atoms. The fraction of sp³-hybridized carbons (Fsp3) is 0.778. The molecule has 68 valence electrons. The van der Waals surface area contributed by atoms with Crippen LogP contribution in [0, 0.1) is 11.3 Å². The van der Waals surface area contributed by atoms with Crippen LogP contribution in [0.3, 0.4) is 0 Å². The van der Waals surface area contributed by atoms with Crippen LogP contribution >= 0.6 is 0 Å². The number of rotatable bonds is 2. The van der Waals surface area contributed by atoms with Crippen LogP contribution in [0.15, 0.2) is 0 Å². The van der Waals surface area contributed by atoms with Crippen LogP contribution in [0.4, 0.5) is 0 Å². The highest BCUT2D eigenvalue weighted by molar-refractivity contribution is 6.00. The van der Waals surface area contributed by atoms with Gasteiger partial charge in [0.2, 0.25) is 0 Å². The molecule has 0 unspecified atom stereocenters. The van der Waals surface area contributed by atoms with Gasteiger partial charge >= 0.3 is 5.97 Å². The number of carbonyl (C=O) groups excluding carboxylic acids is 1. The molecule has 0 spiro atoms. The third-order valence-corrected chi connectivity index (χ3v) is 2.18. The molecule has 1 aliphatic rings. The summed E-state index contributed by atoms with van der Waals surface area (Å²) in [7, 11) is 0. The molecule has 0 aliphatic heterocycles. The fourth-order valence-electron chi connectivity index (χ4n) is 1.52. The molecule has 1 rings (SSSR count). The lowest BCUT2D eigenvalue weighted by atomic mass is 9.87. The van der Waals surface area contributed by atoms with Crippen molar-refractivity contribution in [1.29, 1.82) is 5.41 Å². The molecule has 0 saturated heterocycles. The van der Waals surface area contributed by atoms with E-state index in [1.54, 1.807) is 6.92 Å². The van der Waals surface area contributed by atoms with E-state index in [-0.39, 0.29) is 11.9 Å². The van der Waals surface area contributed by atoms with E-state index in [9.17, 15) is 4.79 Å². The second-order valence-corrected chi connectivity index (χ2v) is 3.08. The summed E-state index contributed by atoms with van der Waals surface area (Å²) in [4.78, 5) is 11.2. The van der Waals surface area contributed by atoms with Gasteiger partial charge in [-0.05, 0) is 26.2 Å². The van der Waals surface area contributed by atoms with E-state index in [1.165, 1.54) is 0 Å². The number of hydrogen-bond donors (Lipinski definition) is 1. The van der Waals surface area contributed by atoms with Crippen LogP contribution in [0.1, 0.15) is 32.6 Å². The number of hydrogen-bond acceptors (Lipinski definition) is 3. The van der Waals surface area contributed by atoms with Crippen LogP contribution in [-0.2, 0) is 9.53 Å². The van der Waals surface area contributed by atoms with E-state index >= 15 is 0 Å². The SMILES string of the molecule is CCOC(=O)[C@@H]1CCCCC1=N. The van der Waals surface area contributed by atoms with Crippen LogP contribution in [-0.4, -0.2) is 18.3 Å². The molecule has 1 N–H and O–H groups in total. The molecule has 1 fully saturated rings. The van der Waals surface area contributed by atoms with E-state index in [1.807, 2.05) is 0 Å². The minimum Gasteiger partial charge on any atom is -0.465 e. The zero-order chi connectivity index (χ0) is 8.97. The quantitative estimate of drug-likeness (QED) is 0.640. The van der Waals surface area contributed by atoms with E-state index in [4.69, 9.17) is 10.1 Å². The predicted octanol–water partition coefficient (Wildman–Crippen LogP) is 1.76. The van der Waals surface area contributed by atoms with Crippen LogP contribution < -0.4 is 0 Å². The number of carbonyl (C=O) groups is 1. The van der Waals surface area contributed by atoms with Gasteiger partial charge in [-0.15, -0.1) is 0 Å². The van der Waals surface area contributed by atoms with Crippen molar-refractivity contribution in [2.45, 2.75) is 32.6 Å². The molecule has 0 heterocycles.